The lowest BCUT2D eigenvalue weighted by atomic mass is 9.79. The van der Waals surface area contributed by atoms with E-state index in [2.05, 4.69) is 0 Å². The summed E-state index contributed by atoms with van der Waals surface area (Å²) >= 11 is 0. The summed E-state index contributed by atoms with van der Waals surface area (Å²) < 4.78 is 17.7. The topological polar surface area (TPSA) is 57.0 Å². The predicted octanol–water partition coefficient (Wildman–Crippen LogP) is 2.75. The zero-order valence-corrected chi connectivity index (χ0v) is 16.9. The maximum absolute atomic E-state index is 6.03. The molecular weight excluding hydrogens is 315 g/mol. The van der Waals surface area contributed by atoms with Gasteiger partial charge in [0.15, 0.2) is 0 Å². The number of benzene rings is 1. The molecule has 1 aliphatic heterocycles. The van der Waals surface area contributed by atoms with Crippen LogP contribution in [0.2, 0.25) is 0 Å². The van der Waals surface area contributed by atoms with Crippen LogP contribution < -0.4 is 15.9 Å². The highest BCUT2D eigenvalue weighted by Gasteiger charge is 2.51. The zero-order chi connectivity index (χ0) is 19.3. The van der Waals surface area contributed by atoms with E-state index in [0.717, 1.165) is 11.2 Å². The van der Waals surface area contributed by atoms with Crippen molar-refractivity contribution >= 4 is 12.6 Å². The third-order valence-corrected chi connectivity index (χ3v) is 4.24. The van der Waals surface area contributed by atoms with Gasteiger partial charge >= 0.3 is 7.12 Å². The maximum atomic E-state index is 6.03. The lowest BCUT2D eigenvalue weighted by Crippen LogP contribution is -2.41. The van der Waals surface area contributed by atoms with Gasteiger partial charge in [-0.2, -0.15) is 0 Å². The van der Waals surface area contributed by atoms with Crippen molar-refractivity contribution in [2.24, 2.45) is 5.73 Å². The van der Waals surface area contributed by atoms with E-state index in [0.29, 0.717) is 12.3 Å². The minimum absolute atomic E-state index is 0.335. The smallest absolute Gasteiger partial charge is 0.487 e. The molecule has 1 aromatic rings. The highest BCUT2D eigenvalue weighted by atomic mass is 16.7. The molecule has 0 aromatic heterocycles. The van der Waals surface area contributed by atoms with E-state index in [1.807, 2.05) is 91.0 Å². The van der Waals surface area contributed by atoms with Gasteiger partial charge in [0.05, 0.1) is 16.9 Å². The van der Waals surface area contributed by atoms with Crippen LogP contribution in [0.1, 0.15) is 41.5 Å². The largest absolute Gasteiger partial charge is 0.494 e. The standard InChI is InChI=1S/C17H27BN2O3.C2H6/c1-16(2)17(3,4)23-18(22-16)13-7-9-15(10-8-13)21-12-14(19)11-20(5)6;1-2/h7-11H,12,19H2,1-6H3;1-2H3/b14-11-;. The number of rotatable bonds is 5. The molecule has 0 bridgehead atoms. The van der Waals surface area contributed by atoms with Crippen LogP contribution in [-0.2, 0) is 9.31 Å². The van der Waals surface area contributed by atoms with E-state index < -0.39 is 0 Å². The molecule has 0 aliphatic carbocycles. The van der Waals surface area contributed by atoms with Gasteiger partial charge in [0.25, 0.3) is 0 Å². The highest BCUT2D eigenvalue weighted by molar-refractivity contribution is 6.62. The molecule has 1 heterocycles. The molecule has 0 spiro atoms. The molecule has 1 fully saturated rings. The molecule has 6 heteroatoms. The van der Waals surface area contributed by atoms with Gasteiger partial charge in [0.2, 0.25) is 0 Å². The van der Waals surface area contributed by atoms with Gasteiger partial charge in [-0.15, -0.1) is 0 Å². The van der Waals surface area contributed by atoms with Crippen LogP contribution in [-0.4, -0.2) is 43.9 Å². The second kappa shape index (κ2) is 8.63. The lowest BCUT2D eigenvalue weighted by molar-refractivity contribution is 0.00578. The molecule has 140 valence electrons. The fourth-order valence-corrected chi connectivity index (χ4v) is 2.24. The Labute approximate surface area is 153 Å². The number of hydrogen-bond donors (Lipinski definition) is 1. The Hall–Kier alpha value is -1.66. The van der Waals surface area contributed by atoms with Crippen LogP contribution in [0.3, 0.4) is 0 Å². The summed E-state index contributed by atoms with van der Waals surface area (Å²) in [6, 6.07) is 7.74. The van der Waals surface area contributed by atoms with Gasteiger partial charge in [-0.25, -0.2) is 0 Å². The monoisotopic (exact) mass is 348 g/mol. The van der Waals surface area contributed by atoms with Crippen molar-refractivity contribution in [3.8, 4) is 5.75 Å². The molecule has 1 aromatic carbocycles. The van der Waals surface area contributed by atoms with Gasteiger partial charge in [0, 0.05) is 20.3 Å². The molecule has 2 N–H and O–H groups in total. The average Bonchev–Trinajstić information content (AvgIpc) is 2.75. The van der Waals surface area contributed by atoms with E-state index >= 15 is 0 Å². The third-order valence-electron chi connectivity index (χ3n) is 4.24. The van der Waals surface area contributed by atoms with Crippen LogP contribution in [0.5, 0.6) is 5.75 Å². The Morgan fingerprint density at radius 3 is 2.00 bits per heavy atom. The fraction of sp³-hybridized carbons (Fsp3) is 0.579. The summed E-state index contributed by atoms with van der Waals surface area (Å²) in [5.74, 6) is 0.764. The first-order chi connectivity index (χ1) is 11.6. The minimum Gasteiger partial charge on any atom is -0.487 e. The summed E-state index contributed by atoms with van der Waals surface area (Å²) in [5.41, 5.74) is 6.85. The van der Waals surface area contributed by atoms with E-state index in [-0.39, 0.29) is 18.3 Å². The van der Waals surface area contributed by atoms with Crippen LogP contribution in [0.25, 0.3) is 0 Å². The molecule has 0 saturated carbocycles. The second-order valence-electron chi connectivity index (χ2n) is 7.11. The second-order valence-corrected chi connectivity index (χ2v) is 7.11. The van der Waals surface area contributed by atoms with E-state index in [1.54, 1.807) is 0 Å². The van der Waals surface area contributed by atoms with E-state index in [4.69, 9.17) is 19.8 Å². The molecule has 0 radical (unpaired) electrons. The first kappa shape index (κ1) is 21.4. The summed E-state index contributed by atoms with van der Waals surface area (Å²) in [5, 5.41) is 0. The van der Waals surface area contributed by atoms with E-state index in [1.165, 1.54) is 0 Å². The van der Waals surface area contributed by atoms with Gasteiger partial charge in [0.1, 0.15) is 12.4 Å². The van der Waals surface area contributed by atoms with E-state index in [9.17, 15) is 0 Å². The summed E-state index contributed by atoms with van der Waals surface area (Å²) in [4.78, 5) is 1.89. The number of nitrogens with two attached hydrogens (primary N) is 1. The summed E-state index contributed by atoms with van der Waals surface area (Å²) in [7, 11) is 3.49. The predicted molar refractivity (Wildman–Crippen MR) is 105 cm³/mol. The zero-order valence-electron chi connectivity index (χ0n) is 16.9. The normalized spacial score (nSPS) is 18.4. The lowest BCUT2D eigenvalue weighted by Gasteiger charge is -2.32. The van der Waals surface area contributed by atoms with Crippen LogP contribution in [0.4, 0.5) is 0 Å². The Morgan fingerprint density at radius 2 is 1.56 bits per heavy atom. The van der Waals surface area contributed by atoms with Crippen molar-refractivity contribution in [2.45, 2.75) is 52.7 Å². The first-order valence-corrected chi connectivity index (χ1v) is 8.82. The number of nitrogens with zero attached hydrogens (tertiary/aromatic N) is 1. The van der Waals surface area contributed by atoms with Gasteiger partial charge < -0.3 is 24.7 Å². The number of ether oxygens (including phenoxy) is 1. The molecule has 25 heavy (non-hydrogen) atoms. The summed E-state index contributed by atoms with van der Waals surface area (Å²) in [6.07, 6.45) is 1.83. The van der Waals surface area contributed by atoms with Gasteiger partial charge in [-0.05, 0) is 45.3 Å². The van der Waals surface area contributed by atoms with Crippen molar-refractivity contribution in [2.75, 3.05) is 20.7 Å². The van der Waals surface area contributed by atoms with Crippen LogP contribution in [0.15, 0.2) is 36.2 Å². The van der Waals surface area contributed by atoms with Gasteiger partial charge in [-0.3, -0.25) is 0 Å². The van der Waals surface area contributed by atoms with Crippen molar-refractivity contribution < 1.29 is 14.0 Å². The molecular formula is C19H33BN2O3. The molecule has 5 nitrogen and oxygen atoms in total. The molecule has 0 unspecified atom stereocenters. The number of hydrogen-bond acceptors (Lipinski definition) is 5. The van der Waals surface area contributed by atoms with Crippen molar-refractivity contribution in [3.05, 3.63) is 36.2 Å². The Morgan fingerprint density at radius 1 is 1.08 bits per heavy atom. The fourth-order valence-electron chi connectivity index (χ4n) is 2.24. The maximum Gasteiger partial charge on any atom is 0.494 e. The SMILES string of the molecule is CC.CN(C)/C=C(\N)COc1ccc(B2OC(C)(C)C(C)(C)O2)cc1. The molecule has 0 amide bonds. The third kappa shape index (κ3) is 5.68. The van der Waals surface area contributed by atoms with Crippen molar-refractivity contribution in [1.29, 1.82) is 0 Å². The van der Waals surface area contributed by atoms with Gasteiger partial charge in [-0.1, -0.05) is 26.0 Å². The highest BCUT2D eigenvalue weighted by Crippen LogP contribution is 2.36. The minimum atomic E-state index is -0.354. The molecule has 1 saturated heterocycles. The van der Waals surface area contributed by atoms with Crippen molar-refractivity contribution in [3.63, 3.8) is 0 Å². The molecule has 2 rings (SSSR count). The Balaban J connectivity index is 0.00000151. The molecule has 1 aliphatic rings. The average molecular weight is 348 g/mol. The van der Waals surface area contributed by atoms with Crippen molar-refractivity contribution in [1.82, 2.24) is 4.90 Å². The Bertz CT molecular complexity index is 553. The quantitative estimate of drug-likeness (QED) is 0.830. The first-order valence-electron chi connectivity index (χ1n) is 8.82. The molecule has 0 atom stereocenters. The Kier molecular flexibility index (Phi) is 7.38. The van der Waals surface area contributed by atoms with Crippen LogP contribution >= 0.6 is 0 Å². The van der Waals surface area contributed by atoms with Crippen LogP contribution in [0, 0.1) is 0 Å². The summed E-state index contributed by atoms with van der Waals surface area (Å²) in [6.45, 7) is 12.5.